The summed E-state index contributed by atoms with van der Waals surface area (Å²) in [6.07, 6.45) is 4.06. The third-order valence-corrected chi connectivity index (χ3v) is 7.36. The second-order valence-corrected chi connectivity index (χ2v) is 9.34. The van der Waals surface area contributed by atoms with E-state index in [4.69, 9.17) is 9.47 Å². The van der Waals surface area contributed by atoms with Crippen LogP contribution in [0.3, 0.4) is 0 Å². The van der Waals surface area contributed by atoms with Gasteiger partial charge in [-0.1, -0.05) is 37.6 Å². The molecule has 11 atom stereocenters. The summed E-state index contributed by atoms with van der Waals surface area (Å²) in [7, 11) is 1.50. The Bertz CT molecular complexity index is 656. The van der Waals surface area contributed by atoms with Crippen LogP contribution < -0.4 is 0 Å². The van der Waals surface area contributed by atoms with E-state index in [0.29, 0.717) is 12.8 Å². The maximum absolute atomic E-state index is 12.7. The molecule has 0 saturated heterocycles. The Labute approximate surface area is 173 Å². The van der Waals surface area contributed by atoms with Crippen LogP contribution in [-0.4, -0.2) is 58.9 Å². The van der Waals surface area contributed by atoms with Crippen molar-refractivity contribution in [3.63, 3.8) is 0 Å². The maximum atomic E-state index is 12.7. The third kappa shape index (κ3) is 4.31. The molecule has 3 rings (SSSR count). The SMILES string of the molecule is CO[C@H]1C[C@H]2C=C[C@H]3C[C@H](O)[C@H](C)[C@@H](O)[C@H]3C2/C(C)=C/[C@@H](C)[C@@H]([C@@H](C)O)OC1=O. The molecule has 2 aliphatic carbocycles. The zero-order valence-corrected chi connectivity index (χ0v) is 18.1. The first-order valence-corrected chi connectivity index (χ1v) is 10.8. The summed E-state index contributed by atoms with van der Waals surface area (Å²) in [6, 6.07) is 0. The van der Waals surface area contributed by atoms with E-state index in [-0.39, 0.29) is 35.5 Å². The summed E-state index contributed by atoms with van der Waals surface area (Å²) in [5.74, 6) is -0.696. The number of aliphatic hydroxyl groups is 3. The fourth-order valence-electron chi connectivity index (χ4n) is 5.74. The zero-order chi connectivity index (χ0) is 21.5. The van der Waals surface area contributed by atoms with Crippen molar-refractivity contribution in [1.82, 2.24) is 0 Å². The Hall–Kier alpha value is -1.21. The molecule has 0 aromatic rings. The van der Waals surface area contributed by atoms with E-state index >= 15 is 0 Å². The molecule has 0 aromatic heterocycles. The highest BCUT2D eigenvalue weighted by Gasteiger charge is 2.49. The van der Waals surface area contributed by atoms with Crippen molar-refractivity contribution in [2.45, 2.75) is 71.1 Å². The molecule has 1 fully saturated rings. The average Bonchev–Trinajstić information content (AvgIpc) is 2.67. The molecule has 1 heterocycles. The molecule has 0 aromatic carbocycles. The lowest BCUT2D eigenvalue weighted by atomic mass is 9.58. The second-order valence-electron chi connectivity index (χ2n) is 9.34. The molecule has 3 N–H and O–H groups in total. The second kappa shape index (κ2) is 8.88. The highest BCUT2D eigenvalue weighted by atomic mass is 16.6. The van der Waals surface area contributed by atoms with E-state index in [1.165, 1.54) is 7.11 Å². The number of methoxy groups -OCH3 is 1. The lowest BCUT2D eigenvalue weighted by molar-refractivity contribution is -0.170. The molecule has 0 radical (unpaired) electrons. The van der Waals surface area contributed by atoms with Crippen LogP contribution in [0, 0.1) is 35.5 Å². The highest BCUT2D eigenvalue weighted by Crippen LogP contribution is 2.49. The molecular weight excluding hydrogens is 372 g/mol. The predicted molar refractivity (Wildman–Crippen MR) is 109 cm³/mol. The summed E-state index contributed by atoms with van der Waals surface area (Å²) in [4.78, 5) is 12.7. The van der Waals surface area contributed by atoms with Gasteiger partial charge in [-0.2, -0.15) is 0 Å². The zero-order valence-electron chi connectivity index (χ0n) is 18.1. The molecule has 1 unspecified atom stereocenters. The number of aliphatic hydroxyl groups excluding tert-OH is 3. The van der Waals surface area contributed by atoms with Gasteiger partial charge in [0.1, 0.15) is 6.10 Å². The highest BCUT2D eigenvalue weighted by molar-refractivity contribution is 5.75. The largest absolute Gasteiger partial charge is 0.457 e. The van der Waals surface area contributed by atoms with Crippen molar-refractivity contribution in [2.75, 3.05) is 7.11 Å². The molecule has 1 aliphatic heterocycles. The van der Waals surface area contributed by atoms with Gasteiger partial charge in [0.2, 0.25) is 0 Å². The van der Waals surface area contributed by atoms with Crippen LogP contribution in [0.25, 0.3) is 0 Å². The molecule has 6 nitrogen and oxygen atoms in total. The van der Waals surface area contributed by atoms with Crippen molar-refractivity contribution >= 4 is 5.97 Å². The molecule has 3 aliphatic rings. The summed E-state index contributed by atoms with van der Waals surface area (Å²) >= 11 is 0. The average molecular weight is 409 g/mol. The molecule has 0 spiro atoms. The minimum Gasteiger partial charge on any atom is -0.457 e. The predicted octanol–water partition coefficient (Wildman–Crippen LogP) is 2.08. The van der Waals surface area contributed by atoms with Gasteiger partial charge in [0.25, 0.3) is 0 Å². The molecule has 29 heavy (non-hydrogen) atoms. The Morgan fingerprint density at radius 2 is 1.83 bits per heavy atom. The van der Waals surface area contributed by atoms with Gasteiger partial charge < -0.3 is 24.8 Å². The van der Waals surface area contributed by atoms with Crippen LogP contribution in [0.2, 0.25) is 0 Å². The fourth-order valence-corrected chi connectivity index (χ4v) is 5.74. The van der Waals surface area contributed by atoms with Crippen LogP contribution >= 0.6 is 0 Å². The number of esters is 1. The maximum Gasteiger partial charge on any atom is 0.335 e. The van der Waals surface area contributed by atoms with Gasteiger partial charge in [-0.15, -0.1) is 0 Å². The van der Waals surface area contributed by atoms with Crippen molar-refractivity contribution in [3.05, 3.63) is 23.8 Å². The van der Waals surface area contributed by atoms with Crippen LogP contribution in [0.5, 0.6) is 0 Å². The Morgan fingerprint density at radius 3 is 2.45 bits per heavy atom. The summed E-state index contributed by atoms with van der Waals surface area (Å²) in [6.45, 7) is 7.53. The number of cyclic esters (lactones) is 1. The van der Waals surface area contributed by atoms with E-state index < -0.39 is 36.5 Å². The fraction of sp³-hybridized carbons (Fsp3) is 0.783. The van der Waals surface area contributed by atoms with Gasteiger partial charge in [0.15, 0.2) is 6.10 Å². The lowest BCUT2D eigenvalue weighted by Gasteiger charge is -2.50. The van der Waals surface area contributed by atoms with Crippen LogP contribution in [0.1, 0.15) is 40.5 Å². The van der Waals surface area contributed by atoms with Crippen LogP contribution in [-0.2, 0) is 14.3 Å². The van der Waals surface area contributed by atoms with E-state index in [2.05, 4.69) is 25.2 Å². The number of hydrogen-bond donors (Lipinski definition) is 3. The number of carbonyl (C=O) groups excluding carboxylic acids is 1. The van der Waals surface area contributed by atoms with E-state index in [1.54, 1.807) is 6.92 Å². The Kier molecular flexibility index (Phi) is 6.88. The summed E-state index contributed by atoms with van der Waals surface area (Å²) < 4.78 is 11.1. The van der Waals surface area contributed by atoms with Crippen LogP contribution in [0.4, 0.5) is 0 Å². The normalized spacial score (nSPS) is 48.6. The van der Waals surface area contributed by atoms with Crippen LogP contribution in [0.15, 0.2) is 23.8 Å². The molecule has 1 saturated carbocycles. The van der Waals surface area contributed by atoms with Gasteiger partial charge in [0, 0.05) is 18.9 Å². The Morgan fingerprint density at radius 1 is 1.17 bits per heavy atom. The van der Waals surface area contributed by atoms with Gasteiger partial charge in [-0.3, -0.25) is 0 Å². The van der Waals surface area contributed by atoms with Gasteiger partial charge in [0.05, 0.1) is 18.3 Å². The van der Waals surface area contributed by atoms with E-state index in [1.807, 2.05) is 13.8 Å². The third-order valence-electron chi connectivity index (χ3n) is 7.36. The molecule has 164 valence electrons. The monoisotopic (exact) mass is 408 g/mol. The van der Waals surface area contributed by atoms with Crippen molar-refractivity contribution < 1.29 is 29.6 Å². The standard InChI is InChI=1S/C23H36O6/c1-11-8-12(2)22(14(4)24)29-23(27)18(28-5)10-16-7-6-15-9-17(25)13(3)21(26)20(15)19(11)16/h6-8,12-22,24-26H,9-10H2,1-5H3/b11-8+/t12-,13+,14-,15+,16-,17+,18+,19?,20-,21-,22+/m1/s1. The van der Waals surface area contributed by atoms with Gasteiger partial charge >= 0.3 is 5.97 Å². The number of hydrogen-bond acceptors (Lipinski definition) is 6. The lowest BCUT2D eigenvalue weighted by Crippen LogP contribution is -2.51. The minimum absolute atomic E-state index is 0.0233. The number of rotatable bonds is 2. The molecule has 6 heteroatoms. The first-order chi connectivity index (χ1) is 13.6. The molecule has 0 bridgehead atoms. The minimum atomic E-state index is -0.805. The summed E-state index contributed by atoms with van der Waals surface area (Å²) in [5, 5.41) is 31.6. The molecule has 0 amide bonds. The van der Waals surface area contributed by atoms with Gasteiger partial charge in [-0.05, 0) is 50.4 Å². The van der Waals surface area contributed by atoms with E-state index in [0.717, 1.165) is 5.57 Å². The van der Waals surface area contributed by atoms with E-state index in [9.17, 15) is 20.1 Å². The number of ether oxygens (including phenoxy) is 2. The number of fused-ring (bicyclic) bond motifs is 3. The Balaban J connectivity index is 2.05. The first kappa shape index (κ1) is 22.5. The topological polar surface area (TPSA) is 96.2 Å². The molecular formula is C23H36O6. The first-order valence-electron chi connectivity index (χ1n) is 10.8. The summed E-state index contributed by atoms with van der Waals surface area (Å²) in [5.41, 5.74) is 1.13. The van der Waals surface area contributed by atoms with Crippen molar-refractivity contribution in [1.29, 1.82) is 0 Å². The quantitative estimate of drug-likeness (QED) is 0.478. The number of carbonyl (C=O) groups is 1. The number of allylic oxidation sites excluding steroid dienone is 3. The smallest absolute Gasteiger partial charge is 0.335 e. The van der Waals surface area contributed by atoms with Gasteiger partial charge in [-0.25, -0.2) is 4.79 Å². The van der Waals surface area contributed by atoms with Crippen molar-refractivity contribution in [2.24, 2.45) is 35.5 Å². The van der Waals surface area contributed by atoms with Crippen molar-refractivity contribution in [3.8, 4) is 0 Å².